The summed E-state index contributed by atoms with van der Waals surface area (Å²) in [7, 11) is 3.87. The zero-order valence-electron chi connectivity index (χ0n) is 17.3. The second kappa shape index (κ2) is 9.41. The Bertz CT molecular complexity index is 767. The fourth-order valence-electron chi connectivity index (χ4n) is 3.51. The number of hydrogen-bond donors (Lipinski definition) is 0. The van der Waals surface area contributed by atoms with Gasteiger partial charge in [0.15, 0.2) is 6.10 Å². The molecule has 1 aromatic rings. The second-order valence-electron chi connectivity index (χ2n) is 7.58. The predicted molar refractivity (Wildman–Crippen MR) is 110 cm³/mol. The molecule has 1 heterocycles. The van der Waals surface area contributed by atoms with Crippen molar-refractivity contribution < 1.29 is 14.3 Å². The van der Waals surface area contributed by atoms with Gasteiger partial charge in [-0.1, -0.05) is 12.1 Å². The Kier molecular flexibility index (Phi) is 7.22. The summed E-state index contributed by atoms with van der Waals surface area (Å²) in [5, 5.41) is 9.36. The number of rotatable bonds is 5. The molecule has 0 spiro atoms. The number of esters is 1. The van der Waals surface area contributed by atoms with Gasteiger partial charge in [0, 0.05) is 31.9 Å². The van der Waals surface area contributed by atoms with Crippen LogP contribution in [0.2, 0.25) is 0 Å². The van der Waals surface area contributed by atoms with E-state index in [-0.39, 0.29) is 23.6 Å². The number of piperidine rings is 1. The average Bonchev–Trinajstić information content (AvgIpc) is 2.65. The maximum atomic E-state index is 12.8. The van der Waals surface area contributed by atoms with Gasteiger partial charge in [0.25, 0.3) is 5.91 Å². The number of likely N-dealkylation sites (tertiary alicyclic amines) is 1. The van der Waals surface area contributed by atoms with E-state index in [0.717, 1.165) is 30.5 Å². The van der Waals surface area contributed by atoms with Crippen LogP contribution in [0.15, 0.2) is 29.8 Å². The van der Waals surface area contributed by atoms with Crippen LogP contribution < -0.4 is 4.90 Å². The number of nitriles is 1. The first kappa shape index (κ1) is 21.5. The number of anilines is 1. The molecule has 0 radical (unpaired) electrons. The van der Waals surface area contributed by atoms with Crippen molar-refractivity contribution in [1.82, 2.24) is 4.90 Å². The van der Waals surface area contributed by atoms with Crippen molar-refractivity contribution in [3.05, 3.63) is 35.4 Å². The van der Waals surface area contributed by atoms with E-state index >= 15 is 0 Å². The van der Waals surface area contributed by atoms with Gasteiger partial charge in [-0.15, -0.1) is 0 Å². The average molecular weight is 383 g/mol. The van der Waals surface area contributed by atoms with E-state index < -0.39 is 12.1 Å². The maximum absolute atomic E-state index is 12.8. The number of benzene rings is 1. The van der Waals surface area contributed by atoms with Crippen LogP contribution in [0.25, 0.3) is 6.08 Å². The van der Waals surface area contributed by atoms with Crippen LogP contribution in [0.3, 0.4) is 0 Å². The SMILES string of the molecule is C[C@@H](OC(=O)/C(C#N)=C/c1ccc(N(C)C)cc1)C(=O)N1[C@@H](C)CCC[C@@H]1C. The first-order valence-electron chi connectivity index (χ1n) is 9.67. The minimum atomic E-state index is -0.927. The largest absolute Gasteiger partial charge is 0.448 e. The minimum Gasteiger partial charge on any atom is -0.448 e. The van der Waals surface area contributed by atoms with Crippen molar-refractivity contribution in [2.24, 2.45) is 0 Å². The van der Waals surface area contributed by atoms with Crippen molar-refractivity contribution in [2.45, 2.75) is 58.2 Å². The molecule has 150 valence electrons. The first-order chi connectivity index (χ1) is 13.2. The number of carbonyl (C=O) groups is 2. The van der Waals surface area contributed by atoms with E-state index in [1.54, 1.807) is 11.8 Å². The molecule has 0 unspecified atom stereocenters. The van der Waals surface area contributed by atoms with Crippen LogP contribution in [0.5, 0.6) is 0 Å². The Morgan fingerprint density at radius 3 is 2.29 bits per heavy atom. The lowest BCUT2D eigenvalue weighted by molar-refractivity contribution is -0.159. The zero-order valence-corrected chi connectivity index (χ0v) is 17.3. The van der Waals surface area contributed by atoms with Gasteiger partial charge in [-0.25, -0.2) is 4.79 Å². The van der Waals surface area contributed by atoms with Gasteiger partial charge in [-0.3, -0.25) is 4.79 Å². The van der Waals surface area contributed by atoms with Gasteiger partial charge in [0.1, 0.15) is 11.6 Å². The monoisotopic (exact) mass is 383 g/mol. The van der Waals surface area contributed by atoms with Gasteiger partial charge in [0.05, 0.1) is 0 Å². The Balaban J connectivity index is 2.08. The van der Waals surface area contributed by atoms with E-state index in [2.05, 4.69) is 0 Å². The Morgan fingerprint density at radius 1 is 1.21 bits per heavy atom. The Morgan fingerprint density at radius 2 is 1.79 bits per heavy atom. The summed E-state index contributed by atoms with van der Waals surface area (Å²) in [6.45, 7) is 5.59. The van der Waals surface area contributed by atoms with Crippen LogP contribution in [0.4, 0.5) is 5.69 Å². The highest BCUT2D eigenvalue weighted by Crippen LogP contribution is 2.24. The number of carbonyl (C=O) groups excluding carboxylic acids is 2. The minimum absolute atomic E-state index is 0.124. The van der Waals surface area contributed by atoms with E-state index in [1.165, 1.54) is 6.08 Å². The molecule has 1 aliphatic rings. The number of nitrogens with zero attached hydrogens (tertiary/aromatic N) is 3. The summed E-state index contributed by atoms with van der Waals surface area (Å²) in [6, 6.07) is 9.58. The summed E-state index contributed by atoms with van der Waals surface area (Å²) >= 11 is 0. The van der Waals surface area contributed by atoms with Crippen LogP contribution >= 0.6 is 0 Å². The van der Waals surface area contributed by atoms with Gasteiger partial charge < -0.3 is 14.5 Å². The highest BCUT2D eigenvalue weighted by molar-refractivity contribution is 5.99. The van der Waals surface area contributed by atoms with Crippen molar-refractivity contribution in [3.63, 3.8) is 0 Å². The fourth-order valence-corrected chi connectivity index (χ4v) is 3.51. The number of hydrogen-bond acceptors (Lipinski definition) is 5. The molecule has 6 nitrogen and oxygen atoms in total. The molecule has 28 heavy (non-hydrogen) atoms. The van der Waals surface area contributed by atoms with Crippen molar-refractivity contribution in [1.29, 1.82) is 5.26 Å². The first-order valence-corrected chi connectivity index (χ1v) is 9.67. The van der Waals surface area contributed by atoms with Crippen LogP contribution in [0, 0.1) is 11.3 Å². The molecule has 3 atom stereocenters. The highest BCUT2D eigenvalue weighted by Gasteiger charge is 2.33. The lowest BCUT2D eigenvalue weighted by Crippen LogP contribution is -2.51. The molecule has 0 aromatic heterocycles. The molecular weight excluding hydrogens is 354 g/mol. The maximum Gasteiger partial charge on any atom is 0.349 e. The summed E-state index contributed by atoms with van der Waals surface area (Å²) in [6.07, 6.45) is 3.54. The molecule has 1 aliphatic heterocycles. The van der Waals surface area contributed by atoms with E-state index in [4.69, 9.17) is 4.74 Å². The summed E-state index contributed by atoms with van der Waals surface area (Å²) in [5.41, 5.74) is 1.61. The smallest absolute Gasteiger partial charge is 0.349 e. The van der Waals surface area contributed by atoms with Gasteiger partial charge in [0.2, 0.25) is 0 Å². The molecule has 0 N–H and O–H groups in total. The third-order valence-corrected chi connectivity index (χ3v) is 5.14. The summed E-state index contributed by atoms with van der Waals surface area (Å²) in [4.78, 5) is 29.0. The molecule has 2 rings (SSSR count). The van der Waals surface area contributed by atoms with E-state index in [0.29, 0.717) is 0 Å². The third-order valence-electron chi connectivity index (χ3n) is 5.14. The molecule has 0 bridgehead atoms. The Labute approximate surface area is 167 Å². The molecule has 0 aliphatic carbocycles. The van der Waals surface area contributed by atoms with Gasteiger partial charge >= 0.3 is 5.97 Å². The third kappa shape index (κ3) is 5.13. The molecule has 1 aromatic carbocycles. The quantitative estimate of drug-likeness (QED) is 0.443. The lowest BCUT2D eigenvalue weighted by atomic mass is 9.97. The van der Waals surface area contributed by atoms with Gasteiger partial charge in [-0.2, -0.15) is 5.26 Å². The van der Waals surface area contributed by atoms with Crippen LogP contribution in [0.1, 0.15) is 45.6 Å². The summed E-state index contributed by atoms with van der Waals surface area (Å²) < 4.78 is 5.32. The molecule has 0 saturated carbocycles. The summed E-state index contributed by atoms with van der Waals surface area (Å²) in [5.74, 6) is -0.988. The standard InChI is InChI=1S/C22H29N3O3/c1-15-7-6-8-16(2)25(15)21(26)17(3)28-22(27)19(14-23)13-18-9-11-20(12-10-18)24(4)5/h9-13,15-17H,6-8H2,1-5H3/b19-13+/t15-,16-,17+/m0/s1. The highest BCUT2D eigenvalue weighted by atomic mass is 16.5. The molecular formula is C22H29N3O3. The lowest BCUT2D eigenvalue weighted by Gasteiger charge is -2.40. The number of ether oxygens (including phenoxy) is 1. The van der Waals surface area contributed by atoms with Gasteiger partial charge in [-0.05, 0) is 63.8 Å². The normalized spacial score (nSPS) is 20.9. The van der Waals surface area contributed by atoms with Crippen molar-refractivity contribution in [3.8, 4) is 6.07 Å². The van der Waals surface area contributed by atoms with E-state index in [9.17, 15) is 14.9 Å². The molecule has 1 saturated heterocycles. The fraction of sp³-hybridized carbons (Fsp3) is 0.500. The van der Waals surface area contributed by atoms with Crippen molar-refractivity contribution >= 4 is 23.6 Å². The topological polar surface area (TPSA) is 73.6 Å². The molecule has 6 heteroatoms. The predicted octanol–water partition coefficient (Wildman–Crippen LogP) is 3.38. The number of amides is 1. The van der Waals surface area contributed by atoms with Crippen LogP contribution in [-0.2, 0) is 14.3 Å². The van der Waals surface area contributed by atoms with Crippen molar-refractivity contribution in [2.75, 3.05) is 19.0 Å². The van der Waals surface area contributed by atoms with E-state index in [1.807, 2.05) is 63.2 Å². The zero-order chi connectivity index (χ0) is 20.8. The molecule has 1 amide bonds. The molecule has 1 fully saturated rings. The second-order valence-corrected chi connectivity index (χ2v) is 7.58. The Hall–Kier alpha value is -2.81. The van der Waals surface area contributed by atoms with Crippen LogP contribution in [-0.4, -0.2) is 49.1 Å².